The van der Waals surface area contributed by atoms with Gasteiger partial charge >= 0.3 is 0 Å². The zero-order valence-electron chi connectivity index (χ0n) is 8.65. The van der Waals surface area contributed by atoms with Gasteiger partial charge in [-0.05, 0) is 24.8 Å². The summed E-state index contributed by atoms with van der Waals surface area (Å²) in [6.45, 7) is 2.44. The van der Waals surface area contributed by atoms with Gasteiger partial charge in [-0.15, -0.1) is 11.8 Å². The highest BCUT2D eigenvalue weighted by atomic mass is 32.2. The Morgan fingerprint density at radius 1 is 1.57 bits per heavy atom. The Bertz CT molecular complexity index is 279. The van der Waals surface area contributed by atoms with E-state index in [-0.39, 0.29) is 0 Å². The molecule has 0 unspecified atom stereocenters. The van der Waals surface area contributed by atoms with Gasteiger partial charge in [-0.2, -0.15) is 5.10 Å². The van der Waals surface area contributed by atoms with Crippen LogP contribution in [0.1, 0.15) is 12.1 Å². The predicted octanol–water partition coefficient (Wildman–Crippen LogP) is 1.36. The van der Waals surface area contributed by atoms with Gasteiger partial charge in [-0.1, -0.05) is 0 Å². The van der Waals surface area contributed by atoms with Gasteiger partial charge in [0.15, 0.2) is 0 Å². The lowest BCUT2D eigenvalue weighted by atomic mass is 10.3. The van der Waals surface area contributed by atoms with Crippen LogP contribution in [0, 0.1) is 0 Å². The number of hydrogen-bond donors (Lipinski definition) is 0. The number of hydrogen-bond acceptors (Lipinski definition) is 3. The predicted molar refractivity (Wildman–Crippen MR) is 60.4 cm³/mol. The van der Waals surface area contributed by atoms with Crippen molar-refractivity contribution >= 4 is 11.8 Å². The van der Waals surface area contributed by atoms with Crippen molar-refractivity contribution in [2.75, 3.05) is 24.7 Å². The van der Waals surface area contributed by atoms with E-state index in [0.717, 1.165) is 6.42 Å². The van der Waals surface area contributed by atoms with E-state index in [9.17, 15) is 0 Å². The summed E-state index contributed by atoms with van der Waals surface area (Å²) in [5, 5.41) is 4.17. The highest BCUT2D eigenvalue weighted by molar-refractivity contribution is 7.99. The van der Waals surface area contributed by atoms with E-state index in [4.69, 9.17) is 0 Å². The van der Waals surface area contributed by atoms with Crippen LogP contribution in [0.3, 0.4) is 0 Å². The van der Waals surface area contributed by atoms with Crippen LogP contribution in [0.4, 0.5) is 0 Å². The van der Waals surface area contributed by atoms with Gasteiger partial charge in [-0.25, -0.2) is 0 Å². The van der Waals surface area contributed by atoms with Crippen molar-refractivity contribution in [1.82, 2.24) is 14.7 Å². The molecule has 0 amide bonds. The standard InChI is InChI=1S/C10H17N3S/c1-12-10(3-5-11-12)4-7-13-6-2-8-14-9-13/h3,5H,2,4,6-9H2,1H3. The van der Waals surface area contributed by atoms with E-state index < -0.39 is 0 Å². The number of rotatable bonds is 3. The van der Waals surface area contributed by atoms with Crippen LogP contribution in [0.5, 0.6) is 0 Å². The second-order valence-electron chi connectivity index (χ2n) is 3.71. The quantitative estimate of drug-likeness (QED) is 0.753. The van der Waals surface area contributed by atoms with Crippen molar-refractivity contribution < 1.29 is 0 Å². The molecule has 3 nitrogen and oxygen atoms in total. The van der Waals surface area contributed by atoms with Crippen molar-refractivity contribution in [2.45, 2.75) is 12.8 Å². The van der Waals surface area contributed by atoms with Crippen molar-refractivity contribution in [3.8, 4) is 0 Å². The summed E-state index contributed by atoms with van der Waals surface area (Å²) in [4.78, 5) is 2.53. The van der Waals surface area contributed by atoms with Crippen LogP contribution in [0.15, 0.2) is 12.3 Å². The Labute approximate surface area is 89.5 Å². The van der Waals surface area contributed by atoms with Gasteiger partial charge < -0.3 is 0 Å². The maximum atomic E-state index is 4.17. The third kappa shape index (κ3) is 2.51. The van der Waals surface area contributed by atoms with Gasteiger partial charge in [0, 0.05) is 37.8 Å². The average Bonchev–Trinajstić information content (AvgIpc) is 2.63. The van der Waals surface area contributed by atoms with Gasteiger partial charge in [0.2, 0.25) is 0 Å². The summed E-state index contributed by atoms with van der Waals surface area (Å²) < 4.78 is 1.97. The lowest BCUT2D eigenvalue weighted by molar-refractivity contribution is 0.316. The first-order chi connectivity index (χ1) is 6.86. The lowest BCUT2D eigenvalue weighted by Crippen LogP contribution is -2.30. The highest BCUT2D eigenvalue weighted by Crippen LogP contribution is 2.13. The Hall–Kier alpha value is -0.480. The third-order valence-electron chi connectivity index (χ3n) is 2.64. The first-order valence-electron chi connectivity index (χ1n) is 5.13. The van der Waals surface area contributed by atoms with E-state index in [0.29, 0.717) is 0 Å². The van der Waals surface area contributed by atoms with E-state index in [1.54, 1.807) is 0 Å². The molecule has 2 rings (SSSR count). The number of aromatic nitrogens is 2. The molecule has 78 valence electrons. The maximum Gasteiger partial charge on any atom is 0.0492 e. The number of thioether (sulfide) groups is 1. The van der Waals surface area contributed by atoms with Crippen LogP contribution in [0.2, 0.25) is 0 Å². The molecular weight excluding hydrogens is 194 g/mol. The Kier molecular flexibility index (Phi) is 3.48. The van der Waals surface area contributed by atoms with Gasteiger partial charge in [0.05, 0.1) is 0 Å². The van der Waals surface area contributed by atoms with E-state index in [1.807, 2.05) is 29.7 Å². The molecule has 1 aliphatic rings. The zero-order chi connectivity index (χ0) is 9.80. The molecule has 1 aliphatic heterocycles. The van der Waals surface area contributed by atoms with Crippen molar-refractivity contribution in [2.24, 2.45) is 7.05 Å². The van der Waals surface area contributed by atoms with Crippen LogP contribution in [-0.2, 0) is 13.5 Å². The summed E-state index contributed by atoms with van der Waals surface area (Å²) in [6.07, 6.45) is 4.34. The smallest absolute Gasteiger partial charge is 0.0492 e. The highest BCUT2D eigenvalue weighted by Gasteiger charge is 2.10. The summed E-state index contributed by atoms with van der Waals surface area (Å²) in [5.41, 5.74) is 1.33. The minimum atomic E-state index is 1.12. The Balaban J connectivity index is 1.79. The Morgan fingerprint density at radius 2 is 2.50 bits per heavy atom. The van der Waals surface area contributed by atoms with Gasteiger partial charge in [-0.3, -0.25) is 9.58 Å². The van der Waals surface area contributed by atoms with E-state index >= 15 is 0 Å². The molecule has 0 aliphatic carbocycles. The molecule has 0 radical (unpaired) electrons. The molecular formula is C10H17N3S. The SMILES string of the molecule is Cn1nccc1CCN1CCCSC1. The monoisotopic (exact) mass is 211 g/mol. The van der Waals surface area contributed by atoms with Crippen molar-refractivity contribution in [3.63, 3.8) is 0 Å². The minimum Gasteiger partial charge on any atom is -0.294 e. The molecule has 0 aromatic carbocycles. The van der Waals surface area contributed by atoms with Gasteiger partial charge in [0.1, 0.15) is 0 Å². The number of nitrogens with zero attached hydrogens (tertiary/aromatic N) is 3. The first-order valence-corrected chi connectivity index (χ1v) is 6.29. The fourth-order valence-corrected chi connectivity index (χ4v) is 2.72. The second kappa shape index (κ2) is 4.84. The van der Waals surface area contributed by atoms with Gasteiger partial charge in [0.25, 0.3) is 0 Å². The third-order valence-corrected chi connectivity index (χ3v) is 3.77. The van der Waals surface area contributed by atoms with Crippen LogP contribution >= 0.6 is 11.8 Å². The maximum absolute atomic E-state index is 4.17. The largest absolute Gasteiger partial charge is 0.294 e. The molecule has 1 fully saturated rings. The normalized spacial score (nSPS) is 18.6. The summed E-state index contributed by atoms with van der Waals surface area (Å²) >= 11 is 2.05. The second-order valence-corrected chi connectivity index (χ2v) is 4.78. The minimum absolute atomic E-state index is 1.12. The number of aryl methyl sites for hydroxylation is 1. The first kappa shape index (κ1) is 10.1. The summed E-state index contributed by atoms with van der Waals surface area (Å²) in [6, 6.07) is 2.11. The summed E-state index contributed by atoms with van der Waals surface area (Å²) in [7, 11) is 2.01. The van der Waals surface area contributed by atoms with E-state index in [2.05, 4.69) is 16.1 Å². The Morgan fingerprint density at radius 3 is 3.14 bits per heavy atom. The molecule has 4 heteroatoms. The molecule has 1 saturated heterocycles. The molecule has 0 saturated carbocycles. The molecule has 0 spiro atoms. The molecule has 1 aromatic heterocycles. The molecule has 2 heterocycles. The van der Waals surface area contributed by atoms with Crippen molar-refractivity contribution in [3.05, 3.63) is 18.0 Å². The lowest BCUT2D eigenvalue weighted by Gasteiger charge is -2.25. The topological polar surface area (TPSA) is 21.1 Å². The molecule has 0 bridgehead atoms. The molecule has 1 aromatic rings. The van der Waals surface area contributed by atoms with E-state index in [1.165, 1.54) is 36.8 Å². The fourth-order valence-electron chi connectivity index (χ4n) is 1.74. The zero-order valence-corrected chi connectivity index (χ0v) is 9.46. The van der Waals surface area contributed by atoms with Crippen LogP contribution in [-0.4, -0.2) is 39.4 Å². The van der Waals surface area contributed by atoms with Crippen molar-refractivity contribution in [1.29, 1.82) is 0 Å². The molecule has 0 atom stereocenters. The molecule has 0 N–H and O–H groups in total. The van der Waals surface area contributed by atoms with Crippen LogP contribution < -0.4 is 0 Å². The van der Waals surface area contributed by atoms with Crippen LogP contribution in [0.25, 0.3) is 0 Å². The average molecular weight is 211 g/mol. The fraction of sp³-hybridized carbons (Fsp3) is 0.700. The molecule has 14 heavy (non-hydrogen) atoms. The summed E-state index contributed by atoms with van der Waals surface area (Å²) in [5.74, 6) is 2.54.